The minimum absolute atomic E-state index is 0.132. The molecule has 1 aliphatic carbocycles. The Bertz CT molecular complexity index is 662. The van der Waals surface area contributed by atoms with E-state index in [1.165, 1.54) is 18.4 Å². The minimum atomic E-state index is -3.44. The van der Waals surface area contributed by atoms with Crippen LogP contribution in [0, 0.1) is 0 Å². The number of benzene rings is 1. The van der Waals surface area contributed by atoms with Gasteiger partial charge in [-0.05, 0) is 37.5 Å². The molecule has 0 radical (unpaired) electrons. The molecule has 1 saturated carbocycles. The first-order chi connectivity index (χ1) is 10.7. The van der Waals surface area contributed by atoms with Crippen molar-refractivity contribution < 1.29 is 13.2 Å². The molecule has 0 saturated heterocycles. The molecule has 1 unspecified atom stereocenters. The van der Waals surface area contributed by atoms with Crippen molar-refractivity contribution in [2.75, 3.05) is 14.1 Å². The fraction of sp³-hybridized carbons (Fsp3) is 0.562. The van der Waals surface area contributed by atoms with E-state index in [-0.39, 0.29) is 16.8 Å². The summed E-state index contributed by atoms with van der Waals surface area (Å²) in [5.74, 6) is -0.132. The Labute approximate surface area is 138 Å². The van der Waals surface area contributed by atoms with E-state index in [1.807, 2.05) is 6.92 Å². The molecule has 1 amide bonds. The lowest BCUT2D eigenvalue weighted by Crippen LogP contribution is -2.52. The molecule has 1 atom stereocenters. The summed E-state index contributed by atoms with van der Waals surface area (Å²) in [6.07, 6.45) is 3.39. The number of carbonyl (C=O) groups excluding carboxylic acids is 1. The van der Waals surface area contributed by atoms with Crippen LogP contribution in [-0.4, -0.2) is 38.3 Å². The fourth-order valence-corrected chi connectivity index (χ4v) is 3.70. The quantitative estimate of drug-likeness (QED) is 0.848. The number of rotatable bonds is 5. The average molecular weight is 339 g/mol. The van der Waals surface area contributed by atoms with Crippen LogP contribution < -0.4 is 11.1 Å². The van der Waals surface area contributed by atoms with E-state index < -0.39 is 15.6 Å². The average Bonchev–Trinajstić information content (AvgIpc) is 2.95. The van der Waals surface area contributed by atoms with Crippen LogP contribution in [0.3, 0.4) is 0 Å². The molecule has 0 bridgehead atoms. The lowest BCUT2D eigenvalue weighted by molar-refractivity contribution is -0.126. The van der Waals surface area contributed by atoms with Gasteiger partial charge in [0.05, 0.1) is 16.5 Å². The molecule has 1 fully saturated rings. The highest BCUT2D eigenvalue weighted by Gasteiger charge is 2.37. The van der Waals surface area contributed by atoms with Crippen molar-refractivity contribution in [3.05, 3.63) is 29.8 Å². The molecule has 6 nitrogen and oxygen atoms in total. The van der Waals surface area contributed by atoms with E-state index in [4.69, 9.17) is 5.73 Å². The van der Waals surface area contributed by atoms with E-state index in [1.54, 1.807) is 24.3 Å². The third-order valence-electron chi connectivity index (χ3n) is 4.45. The smallest absolute Gasteiger partial charge is 0.242 e. The Kier molecular flexibility index (Phi) is 5.13. The van der Waals surface area contributed by atoms with Crippen LogP contribution in [0.4, 0.5) is 0 Å². The summed E-state index contributed by atoms with van der Waals surface area (Å²) in [5, 5.41) is 2.94. The molecule has 1 aromatic rings. The number of hydrogen-bond donors (Lipinski definition) is 2. The van der Waals surface area contributed by atoms with Gasteiger partial charge in [-0.3, -0.25) is 4.79 Å². The highest BCUT2D eigenvalue weighted by atomic mass is 32.2. The molecular formula is C16H25N3O3S. The summed E-state index contributed by atoms with van der Waals surface area (Å²) in [5.41, 5.74) is 6.23. The first kappa shape index (κ1) is 17.9. The van der Waals surface area contributed by atoms with Gasteiger partial charge in [-0.2, -0.15) is 0 Å². The van der Waals surface area contributed by atoms with Gasteiger partial charge in [-0.25, -0.2) is 12.7 Å². The Hall–Kier alpha value is -1.44. The predicted octanol–water partition coefficient (Wildman–Crippen LogP) is 1.39. The molecule has 0 aliphatic heterocycles. The second-order valence-corrected chi connectivity index (χ2v) is 8.57. The first-order valence-electron chi connectivity index (χ1n) is 7.79. The zero-order valence-electron chi connectivity index (χ0n) is 13.9. The Morgan fingerprint density at radius 3 is 2.22 bits per heavy atom. The summed E-state index contributed by atoms with van der Waals surface area (Å²) in [7, 11) is -0.450. The van der Waals surface area contributed by atoms with Crippen molar-refractivity contribution in [3.63, 3.8) is 0 Å². The molecular weight excluding hydrogens is 314 g/mol. The third-order valence-corrected chi connectivity index (χ3v) is 6.28. The summed E-state index contributed by atoms with van der Waals surface area (Å²) >= 11 is 0. The van der Waals surface area contributed by atoms with Gasteiger partial charge in [0.2, 0.25) is 15.9 Å². The van der Waals surface area contributed by atoms with Crippen molar-refractivity contribution in [1.82, 2.24) is 9.62 Å². The van der Waals surface area contributed by atoms with Gasteiger partial charge in [0, 0.05) is 14.1 Å². The molecule has 7 heteroatoms. The van der Waals surface area contributed by atoms with Crippen molar-refractivity contribution in [1.29, 1.82) is 0 Å². The summed E-state index contributed by atoms with van der Waals surface area (Å²) < 4.78 is 25.3. The predicted molar refractivity (Wildman–Crippen MR) is 89.3 cm³/mol. The number of hydrogen-bond acceptors (Lipinski definition) is 4. The molecule has 3 N–H and O–H groups in total. The monoisotopic (exact) mass is 339 g/mol. The lowest BCUT2D eigenvalue weighted by atomic mass is 9.97. The normalized spacial score (nSPS) is 18.8. The number of nitrogens with two attached hydrogens (primary N) is 1. The van der Waals surface area contributed by atoms with Crippen molar-refractivity contribution >= 4 is 15.9 Å². The zero-order chi connectivity index (χ0) is 17.3. The fourth-order valence-electron chi connectivity index (χ4n) is 2.80. The van der Waals surface area contributed by atoms with Gasteiger partial charge in [-0.15, -0.1) is 0 Å². The third kappa shape index (κ3) is 3.73. The molecule has 0 heterocycles. The molecule has 0 aromatic heterocycles. The number of nitrogens with zero attached hydrogens (tertiary/aromatic N) is 1. The van der Waals surface area contributed by atoms with E-state index in [2.05, 4.69) is 5.32 Å². The number of sulfonamides is 1. The van der Waals surface area contributed by atoms with E-state index >= 15 is 0 Å². The van der Waals surface area contributed by atoms with Gasteiger partial charge < -0.3 is 11.1 Å². The van der Waals surface area contributed by atoms with E-state index in [0.717, 1.165) is 18.4 Å². The van der Waals surface area contributed by atoms with Gasteiger partial charge in [0.1, 0.15) is 0 Å². The largest absolute Gasteiger partial charge is 0.348 e. The van der Waals surface area contributed by atoms with Crippen LogP contribution in [0.25, 0.3) is 0 Å². The summed E-state index contributed by atoms with van der Waals surface area (Å²) in [6.45, 7) is 1.87. The van der Waals surface area contributed by atoms with Gasteiger partial charge in [0.15, 0.2) is 0 Å². The van der Waals surface area contributed by atoms with Crippen LogP contribution in [0.5, 0.6) is 0 Å². The molecule has 1 aliphatic rings. The van der Waals surface area contributed by atoms with Crippen LogP contribution in [0.1, 0.15) is 44.2 Å². The van der Waals surface area contributed by atoms with Crippen LogP contribution >= 0.6 is 0 Å². The molecule has 1 aromatic carbocycles. The maximum absolute atomic E-state index is 12.3. The summed E-state index contributed by atoms with van der Waals surface area (Å²) in [4.78, 5) is 12.6. The Balaban J connectivity index is 2.09. The van der Waals surface area contributed by atoms with E-state index in [0.29, 0.717) is 12.8 Å². The minimum Gasteiger partial charge on any atom is -0.348 e. The standard InChI is InChI=1S/C16H25N3O3S/c1-12(18-15(20)16(17)10-4-5-11-16)13-6-8-14(9-7-13)23(21,22)19(2)3/h6-9,12H,4-5,10-11,17H2,1-3H3,(H,18,20). The Morgan fingerprint density at radius 1 is 1.22 bits per heavy atom. The van der Waals surface area contributed by atoms with Gasteiger partial charge >= 0.3 is 0 Å². The van der Waals surface area contributed by atoms with Gasteiger partial charge in [-0.1, -0.05) is 25.0 Å². The number of amides is 1. The topological polar surface area (TPSA) is 92.5 Å². The number of nitrogens with one attached hydrogen (secondary N) is 1. The van der Waals surface area contributed by atoms with Crippen LogP contribution in [0.2, 0.25) is 0 Å². The highest BCUT2D eigenvalue weighted by Crippen LogP contribution is 2.28. The van der Waals surface area contributed by atoms with Gasteiger partial charge in [0.25, 0.3) is 0 Å². The van der Waals surface area contributed by atoms with Crippen LogP contribution in [0.15, 0.2) is 29.2 Å². The maximum atomic E-state index is 12.3. The highest BCUT2D eigenvalue weighted by molar-refractivity contribution is 7.89. The van der Waals surface area contributed by atoms with Crippen LogP contribution in [-0.2, 0) is 14.8 Å². The van der Waals surface area contributed by atoms with Crippen molar-refractivity contribution in [3.8, 4) is 0 Å². The lowest BCUT2D eigenvalue weighted by Gasteiger charge is -2.25. The molecule has 0 spiro atoms. The number of carbonyl (C=O) groups is 1. The van der Waals surface area contributed by atoms with E-state index in [9.17, 15) is 13.2 Å². The molecule has 2 rings (SSSR count). The summed E-state index contributed by atoms with van der Waals surface area (Å²) in [6, 6.07) is 6.33. The SMILES string of the molecule is CC(NC(=O)C1(N)CCCC1)c1ccc(S(=O)(=O)N(C)C)cc1. The molecule has 23 heavy (non-hydrogen) atoms. The van der Waals surface area contributed by atoms with Crippen molar-refractivity contribution in [2.45, 2.75) is 49.1 Å². The second-order valence-electron chi connectivity index (χ2n) is 6.41. The molecule has 128 valence electrons. The zero-order valence-corrected chi connectivity index (χ0v) is 14.7. The maximum Gasteiger partial charge on any atom is 0.242 e. The van der Waals surface area contributed by atoms with Crippen molar-refractivity contribution in [2.24, 2.45) is 5.73 Å². The Morgan fingerprint density at radius 2 is 1.74 bits per heavy atom. The second kappa shape index (κ2) is 6.59. The first-order valence-corrected chi connectivity index (χ1v) is 9.23.